The maximum atomic E-state index is 13.4. The van der Waals surface area contributed by atoms with Gasteiger partial charge in [0.1, 0.15) is 11.5 Å². The Hall–Kier alpha value is -4.01. The maximum Gasteiger partial charge on any atom is 0.339 e. The van der Waals surface area contributed by atoms with Crippen molar-refractivity contribution in [1.29, 1.82) is 0 Å². The minimum Gasteiger partial charge on any atom is -0.463 e. The molecule has 1 amide bonds. The normalized spacial score (nSPS) is 12.0. The van der Waals surface area contributed by atoms with Crippen LogP contribution in [0.5, 0.6) is 0 Å². The Morgan fingerprint density at radius 3 is 2.75 bits per heavy atom. The first-order valence-corrected chi connectivity index (χ1v) is 9.85. The quantitative estimate of drug-likeness (QED) is 0.418. The number of carbonyl (C=O) groups excluding carboxylic acids is 2. The van der Waals surface area contributed by atoms with Crippen LogP contribution >= 0.6 is 0 Å². The van der Waals surface area contributed by atoms with Gasteiger partial charge in [-0.2, -0.15) is 0 Å². The average Bonchev–Trinajstić information content (AvgIpc) is 3.43. The number of nitrogens with zero attached hydrogens (tertiary/aromatic N) is 3. The summed E-state index contributed by atoms with van der Waals surface area (Å²) in [4.78, 5) is 31.4. The summed E-state index contributed by atoms with van der Waals surface area (Å²) in [6.45, 7) is 3.33. The lowest BCUT2D eigenvalue weighted by molar-refractivity contribution is -0.139. The molecular formula is C23H20FN3O5. The Kier molecular flexibility index (Phi) is 5.72. The van der Waals surface area contributed by atoms with Gasteiger partial charge in [0.25, 0.3) is 11.6 Å². The molecule has 0 saturated heterocycles. The van der Waals surface area contributed by atoms with Gasteiger partial charge in [-0.15, -0.1) is 0 Å². The van der Waals surface area contributed by atoms with Gasteiger partial charge in [-0.05, 0) is 49.7 Å². The van der Waals surface area contributed by atoms with E-state index in [1.165, 1.54) is 36.3 Å². The van der Waals surface area contributed by atoms with Gasteiger partial charge in [0.05, 0.1) is 22.9 Å². The molecule has 8 nitrogen and oxygen atoms in total. The lowest BCUT2D eigenvalue weighted by atomic mass is 10.1. The molecule has 0 bridgehead atoms. The van der Waals surface area contributed by atoms with Gasteiger partial charge in [-0.1, -0.05) is 17.3 Å². The molecule has 9 heteroatoms. The molecule has 0 N–H and O–H groups in total. The number of likely N-dealkylation sites (N-methyl/N-ethyl adjacent to an activating group) is 1. The summed E-state index contributed by atoms with van der Waals surface area (Å²) in [5, 5.41) is 4.28. The minimum absolute atomic E-state index is 0.158. The summed E-state index contributed by atoms with van der Waals surface area (Å²) >= 11 is 0. The number of aryl methyl sites for hydroxylation is 1. The number of benzene rings is 1. The third-order valence-electron chi connectivity index (χ3n) is 4.93. The van der Waals surface area contributed by atoms with E-state index in [4.69, 9.17) is 13.7 Å². The highest BCUT2D eigenvalue weighted by molar-refractivity contribution is 6.04. The fraction of sp³-hybridized carbons (Fsp3) is 0.217. The molecule has 1 unspecified atom stereocenters. The molecule has 0 fully saturated rings. The summed E-state index contributed by atoms with van der Waals surface area (Å²) in [6, 6.07) is 10.9. The highest BCUT2D eigenvalue weighted by Crippen LogP contribution is 2.28. The summed E-state index contributed by atoms with van der Waals surface area (Å²) in [5.41, 5.74) is 1.77. The smallest absolute Gasteiger partial charge is 0.339 e. The van der Waals surface area contributed by atoms with Crippen molar-refractivity contribution in [1.82, 2.24) is 15.0 Å². The third kappa shape index (κ3) is 4.22. The fourth-order valence-electron chi connectivity index (χ4n) is 3.38. The number of pyridine rings is 1. The monoisotopic (exact) mass is 437 g/mol. The highest BCUT2D eigenvalue weighted by Gasteiger charge is 2.26. The van der Waals surface area contributed by atoms with Crippen molar-refractivity contribution in [3.05, 3.63) is 71.4 Å². The number of fused-ring (bicyclic) bond motifs is 1. The number of furan rings is 1. The molecule has 4 aromatic rings. The second-order valence-corrected chi connectivity index (χ2v) is 7.35. The number of halogens is 1. The van der Waals surface area contributed by atoms with E-state index >= 15 is 0 Å². The van der Waals surface area contributed by atoms with E-state index in [0.717, 1.165) is 0 Å². The van der Waals surface area contributed by atoms with Gasteiger partial charge >= 0.3 is 5.97 Å². The van der Waals surface area contributed by atoms with Crippen molar-refractivity contribution < 1.29 is 27.7 Å². The first-order chi connectivity index (χ1) is 15.3. The third-order valence-corrected chi connectivity index (χ3v) is 4.93. The van der Waals surface area contributed by atoms with E-state index in [9.17, 15) is 14.0 Å². The summed E-state index contributed by atoms with van der Waals surface area (Å²) in [5.74, 6) is -1.10. The molecule has 1 aromatic carbocycles. The van der Waals surface area contributed by atoms with Crippen LogP contribution in [0.25, 0.3) is 22.6 Å². The molecule has 0 aliphatic heterocycles. The topological polar surface area (TPSA) is 98.7 Å². The Morgan fingerprint density at radius 2 is 2.03 bits per heavy atom. The van der Waals surface area contributed by atoms with E-state index in [0.29, 0.717) is 28.1 Å². The molecule has 0 saturated carbocycles. The van der Waals surface area contributed by atoms with Gasteiger partial charge < -0.3 is 18.6 Å². The van der Waals surface area contributed by atoms with Crippen LogP contribution in [0.1, 0.15) is 28.5 Å². The molecule has 3 aromatic heterocycles. The minimum atomic E-state index is -1.07. The van der Waals surface area contributed by atoms with Gasteiger partial charge in [0.15, 0.2) is 11.9 Å². The molecule has 0 radical (unpaired) electrons. The zero-order chi connectivity index (χ0) is 22.8. The molecule has 0 aliphatic carbocycles. The lowest BCUT2D eigenvalue weighted by Crippen LogP contribution is -2.37. The van der Waals surface area contributed by atoms with Crippen molar-refractivity contribution in [3.63, 3.8) is 0 Å². The molecule has 164 valence electrons. The van der Waals surface area contributed by atoms with E-state index in [-0.39, 0.29) is 23.6 Å². The van der Waals surface area contributed by atoms with Crippen LogP contribution < -0.4 is 0 Å². The number of carbonyl (C=O) groups is 2. The van der Waals surface area contributed by atoms with Crippen molar-refractivity contribution in [2.45, 2.75) is 26.5 Å². The van der Waals surface area contributed by atoms with Crippen molar-refractivity contribution in [2.24, 2.45) is 0 Å². The number of hydrogen-bond donors (Lipinski definition) is 0. The molecule has 3 heterocycles. The van der Waals surface area contributed by atoms with Crippen LogP contribution in [0.15, 0.2) is 57.7 Å². The number of hydrogen-bond acceptors (Lipinski definition) is 7. The maximum absolute atomic E-state index is 13.4. The van der Waals surface area contributed by atoms with Crippen molar-refractivity contribution in [3.8, 4) is 11.5 Å². The van der Waals surface area contributed by atoms with Gasteiger partial charge in [-0.3, -0.25) is 4.79 Å². The lowest BCUT2D eigenvalue weighted by Gasteiger charge is -2.21. The SMILES string of the molecule is Cc1noc2nc(-c3ccco3)cc(C(=O)OC(C)C(=O)N(C)Cc3cccc(F)c3)c12. The number of esters is 1. The number of rotatable bonds is 6. The zero-order valence-electron chi connectivity index (χ0n) is 17.7. The van der Waals surface area contributed by atoms with Gasteiger partial charge in [-0.25, -0.2) is 14.2 Å². The van der Waals surface area contributed by atoms with Gasteiger partial charge in [0.2, 0.25) is 0 Å². The Morgan fingerprint density at radius 1 is 1.22 bits per heavy atom. The Bertz CT molecular complexity index is 1280. The number of ether oxygens (including phenoxy) is 1. The summed E-state index contributed by atoms with van der Waals surface area (Å²) in [6.07, 6.45) is 0.413. The van der Waals surface area contributed by atoms with Crippen LogP contribution in [-0.2, 0) is 16.1 Å². The zero-order valence-corrected chi connectivity index (χ0v) is 17.7. The number of aromatic nitrogens is 2. The molecule has 32 heavy (non-hydrogen) atoms. The van der Waals surface area contributed by atoms with Crippen LogP contribution in [0.3, 0.4) is 0 Å². The second-order valence-electron chi connectivity index (χ2n) is 7.35. The summed E-state index contributed by atoms with van der Waals surface area (Å²) < 4.78 is 29.5. The first-order valence-electron chi connectivity index (χ1n) is 9.85. The highest BCUT2D eigenvalue weighted by atomic mass is 19.1. The van der Waals surface area contributed by atoms with Gasteiger partial charge in [0, 0.05) is 13.6 Å². The predicted molar refractivity (Wildman–Crippen MR) is 112 cm³/mol. The van der Waals surface area contributed by atoms with Crippen LogP contribution in [-0.4, -0.2) is 40.1 Å². The van der Waals surface area contributed by atoms with Crippen LogP contribution in [0, 0.1) is 12.7 Å². The largest absolute Gasteiger partial charge is 0.463 e. The van der Waals surface area contributed by atoms with Crippen LogP contribution in [0.4, 0.5) is 4.39 Å². The molecule has 0 aliphatic rings. The Balaban J connectivity index is 1.55. The van der Waals surface area contributed by atoms with E-state index in [1.54, 1.807) is 38.2 Å². The second kappa shape index (κ2) is 8.62. The fourth-order valence-corrected chi connectivity index (χ4v) is 3.38. The first kappa shape index (κ1) is 21.2. The van der Waals surface area contributed by atoms with Crippen molar-refractivity contribution >= 4 is 23.0 Å². The average molecular weight is 437 g/mol. The van der Waals surface area contributed by atoms with E-state index < -0.39 is 18.0 Å². The Labute approximate surface area is 182 Å². The molecule has 1 atom stereocenters. The molecular weight excluding hydrogens is 417 g/mol. The molecule has 0 spiro atoms. The number of amides is 1. The summed E-state index contributed by atoms with van der Waals surface area (Å²) in [7, 11) is 1.56. The molecule has 4 rings (SSSR count). The standard InChI is InChI=1S/C23H20FN3O5/c1-13-20-17(11-18(19-8-5-9-30-19)25-21(20)32-26-13)23(29)31-14(2)22(28)27(3)12-15-6-4-7-16(24)10-15/h4-11,14H,12H2,1-3H3. The van der Waals surface area contributed by atoms with E-state index in [2.05, 4.69) is 10.1 Å². The van der Waals surface area contributed by atoms with E-state index in [1.807, 2.05) is 0 Å². The van der Waals surface area contributed by atoms with Crippen LogP contribution in [0.2, 0.25) is 0 Å². The predicted octanol–water partition coefficient (Wildman–Crippen LogP) is 4.13. The van der Waals surface area contributed by atoms with Crippen molar-refractivity contribution in [2.75, 3.05) is 7.05 Å².